The van der Waals surface area contributed by atoms with Crippen LogP contribution in [0.15, 0.2) is 78.9 Å². The number of nitrogens with one attached hydrogen (secondary N) is 1. The molecule has 1 aliphatic heterocycles. The van der Waals surface area contributed by atoms with Crippen LogP contribution in [-0.2, 0) is 27.3 Å². The van der Waals surface area contributed by atoms with Crippen LogP contribution in [-0.4, -0.2) is 34.0 Å². The number of aryl methyl sites for hydroxylation is 1. The molecule has 0 unspecified atom stereocenters. The molecule has 1 N–H and O–H groups in total. The van der Waals surface area contributed by atoms with Gasteiger partial charge in [-0.2, -0.15) is 8.42 Å². The fourth-order valence-electron chi connectivity index (χ4n) is 5.21. The number of amides is 1. The van der Waals surface area contributed by atoms with Crippen LogP contribution in [0.4, 0.5) is 15.8 Å². The number of fused-ring (bicyclic) bond motifs is 1. The van der Waals surface area contributed by atoms with Gasteiger partial charge in [-0.25, -0.2) is 4.39 Å². The van der Waals surface area contributed by atoms with E-state index in [0.717, 1.165) is 11.3 Å². The van der Waals surface area contributed by atoms with Crippen molar-refractivity contribution in [2.75, 3.05) is 24.4 Å². The van der Waals surface area contributed by atoms with Gasteiger partial charge in [0.05, 0.1) is 18.5 Å². The maximum absolute atomic E-state index is 14.1. The Hall–Kier alpha value is -4.57. The van der Waals surface area contributed by atoms with Crippen LogP contribution in [0.25, 0.3) is 11.1 Å². The molecule has 0 saturated carbocycles. The average Bonchev–Trinajstić information content (AvgIpc) is 2.96. The Bertz CT molecular complexity index is 1790. The molecule has 8 nitrogen and oxygen atoms in total. The minimum atomic E-state index is -3.94. The van der Waals surface area contributed by atoms with Crippen LogP contribution < -0.4 is 23.9 Å². The van der Waals surface area contributed by atoms with E-state index in [0.29, 0.717) is 39.4 Å². The van der Waals surface area contributed by atoms with Crippen molar-refractivity contribution in [2.24, 2.45) is 0 Å². The highest BCUT2D eigenvalue weighted by Gasteiger charge is 2.38. The highest BCUT2D eigenvalue weighted by atomic mass is 32.2. The maximum atomic E-state index is 14.1. The Labute approximate surface area is 251 Å². The van der Waals surface area contributed by atoms with E-state index in [4.69, 9.17) is 13.7 Å². The smallest absolute Gasteiger partial charge is 0.313 e. The summed E-state index contributed by atoms with van der Waals surface area (Å²) in [6, 6.07) is 21.6. The lowest BCUT2D eigenvalue weighted by Crippen LogP contribution is -2.52. The molecule has 4 aromatic rings. The molecule has 5 rings (SSSR count). The summed E-state index contributed by atoms with van der Waals surface area (Å²) < 4.78 is 56.8. The van der Waals surface area contributed by atoms with Crippen molar-refractivity contribution in [1.29, 1.82) is 0 Å². The second-order valence-corrected chi connectivity index (χ2v) is 12.5. The van der Waals surface area contributed by atoms with Gasteiger partial charge in [-0.1, -0.05) is 42.5 Å². The van der Waals surface area contributed by atoms with Crippen LogP contribution in [0, 0.1) is 12.7 Å². The lowest BCUT2D eigenvalue weighted by molar-refractivity contribution is -0.121. The van der Waals surface area contributed by atoms with E-state index >= 15 is 0 Å². The number of rotatable bonds is 9. The Morgan fingerprint density at radius 3 is 2.37 bits per heavy atom. The highest BCUT2D eigenvalue weighted by molar-refractivity contribution is 7.86. The molecule has 0 saturated heterocycles. The summed E-state index contributed by atoms with van der Waals surface area (Å²) in [5, 5.41) is 3.31. The third-order valence-corrected chi connectivity index (χ3v) is 8.43. The van der Waals surface area contributed by atoms with E-state index in [2.05, 4.69) is 5.32 Å². The zero-order valence-electron chi connectivity index (χ0n) is 24.6. The number of carbonyl (C=O) groups is 1. The normalized spacial score (nSPS) is 14.1. The number of hydrogen-bond donors (Lipinski definition) is 1. The molecule has 0 atom stereocenters. The van der Waals surface area contributed by atoms with Crippen molar-refractivity contribution < 1.29 is 31.3 Å². The molecule has 0 spiro atoms. The maximum Gasteiger partial charge on any atom is 0.313 e. The molecule has 0 aliphatic carbocycles. The van der Waals surface area contributed by atoms with E-state index in [9.17, 15) is 17.6 Å². The summed E-state index contributed by atoms with van der Waals surface area (Å²) in [5.41, 5.74) is 3.84. The van der Waals surface area contributed by atoms with Crippen LogP contribution in [0.3, 0.4) is 0 Å². The predicted molar refractivity (Wildman–Crippen MR) is 165 cm³/mol. The fraction of sp³-hybridized carbons (Fsp3) is 0.242. The predicted octanol–water partition coefficient (Wildman–Crippen LogP) is 6.46. The van der Waals surface area contributed by atoms with E-state index in [1.54, 1.807) is 54.4 Å². The molecule has 224 valence electrons. The second-order valence-electron chi connectivity index (χ2n) is 10.9. The number of methoxy groups -OCH3 is 1. The van der Waals surface area contributed by atoms with E-state index < -0.39 is 21.5 Å². The number of likely N-dealkylation sites (N-methyl/N-ethyl adjacent to an activating group) is 1. The summed E-state index contributed by atoms with van der Waals surface area (Å²) in [6.07, 6.45) is 0. The van der Waals surface area contributed by atoms with Gasteiger partial charge in [0.2, 0.25) is 0 Å². The summed E-state index contributed by atoms with van der Waals surface area (Å²) in [7, 11) is -0.758. The average molecular weight is 605 g/mol. The standard InChI is InChI=1S/C33H33FN2O6S/c1-21-11-12-23(34)17-29(21)41-19-27-25(15-16-28-31(27)36(4)32(37)33(2,3)35-28)26-14-13-24(18-30(26)40-5)42-43(38,39)20-22-9-7-6-8-10-22/h6-18,35H,19-20H2,1-5H3. The molecular formula is C33H33FN2O6S. The third kappa shape index (κ3) is 6.29. The molecule has 0 radical (unpaired) electrons. The van der Waals surface area contributed by atoms with E-state index in [-0.39, 0.29) is 24.0 Å². The van der Waals surface area contributed by atoms with Gasteiger partial charge < -0.3 is 23.9 Å². The molecule has 0 bridgehead atoms. The van der Waals surface area contributed by atoms with Gasteiger partial charge in [-0.05, 0) is 61.7 Å². The number of nitrogens with zero attached hydrogens (tertiary/aromatic N) is 1. The molecule has 1 amide bonds. The summed E-state index contributed by atoms with van der Waals surface area (Å²) in [6.45, 7) is 5.45. The first-order valence-corrected chi connectivity index (χ1v) is 15.2. The second kappa shape index (κ2) is 11.6. The number of ether oxygens (including phenoxy) is 2. The molecular weight excluding hydrogens is 571 g/mol. The Morgan fingerprint density at radius 1 is 0.930 bits per heavy atom. The van der Waals surface area contributed by atoms with Crippen molar-refractivity contribution in [3.63, 3.8) is 0 Å². The van der Waals surface area contributed by atoms with Gasteiger partial charge in [0.15, 0.2) is 0 Å². The Balaban J connectivity index is 1.56. The molecule has 1 aliphatic rings. The largest absolute Gasteiger partial charge is 0.496 e. The van der Waals surface area contributed by atoms with Crippen LogP contribution in [0.1, 0.15) is 30.5 Å². The van der Waals surface area contributed by atoms with Crippen molar-refractivity contribution >= 4 is 27.4 Å². The molecule has 4 aromatic carbocycles. The first-order chi connectivity index (χ1) is 20.4. The monoisotopic (exact) mass is 604 g/mol. The highest BCUT2D eigenvalue weighted by Crippen LogP contribution is 2.45. The van der Waals surface area contributed by atoms with E-state index in [1.165, 1.54) is 25.3 Å². The minimum absolute atomic E-state index is 0.00931. The SMILES string of the molecule is COc1cc(OS(=O)(=O)Cc2ccccc2)ccc1-c1ccc2c(c1COc1cc(F)ccc1C)N(C)C(=O)C(C)(C)N2. The van der Waals surface area contributed by atoms with Gasteiger partial charge in [0, 0.05) is 30.3 Å². The molecule has 1 heterocycles. The summed E-state index contributed by atoms with van der Waals surface area (Å²) in [4.78, 5) is 14.9. The number of benzene rings is 4. The Morgan fingerprint density at radius 2 is 1.65 bits per heavy atom. The van der Waals surface area contributed by atoms with Gasteiger partial charge in [-0.15, -0.1) is 0 Å². The van der Waals surface area contributed by atoms with Crippen LogP contribution in [0.2, 0.25) is 0 Å². The van der Waals surface area contributed by atoms with Gasteiger partial charge in [0.1, 0.15) is 41.0 Å². The molecule has 43 heavy (non-hydrogen) atoms. The number of hydrogen-bond acceptors (Lipinski definition) is 7. The fourth-order valence-corrected chi connectivity index (χ4v) is 6.27. The third-order valence-electron chi connectivity index (χ3n) is 7.30. The summed E-state index contributed by atoms with van der Waals surface area (Å²) >= 11 is 0. The number of anilines is 2. The van der Waals surface area contributed by atoms with Crippen molar-refractivity contribution in [2.45, 2.75) is 38.7 Å². The first-order valence-electron chi connectivity index (χ1n) is 13.6. The van der Waals surface area contributed by atoms with Crippen molar-refractivity contribution in [3.8, 4) is 28.4 Å². The van der Waals surface area contributed by atoms with Crippen LogP contribution >= 0.6 is 0 Å². The first kappa shape index (κ1) is 29.9. The van der Waals surface area contributed by atoms with Crippen molar-refractivity contribution in [3.05, 3.63) is 101 Å². The zero-order valence-corrected chi connectivity index (χ0v) is 25.4. The quantitative estimate of drug-likeness (QED) is 0.219. The summed E-state index contributed by atoms with van der Waals surface area (Å²) in [5.74, 6) is -0.0216. The van der Waals surface area contributed by atoms with E-state index in [1.807, 2.05) is 39.0 Å². The Kier molecular flexibility index (Phi) is 8.07. The minimum Gasteiger partial charge on any atom is -0.496 e. The number of halogens is 1. The zero-order chi connectivity index (χ0) is 30.9. The van der Waals surface area contributed by atoms with Gasteiger partial charge in [-0.3, -0.25) is 4.79 Å². The van der Waals surface area contributed by atoms with Crippen LogP contribution in [0.5, 0.6) is 17.2 Å². The molecule has 0 aromatic heterocycles. The van der Waals surface area contributed by atoms with Crippen molar-refractivity contribution in [1.82, 2.24) is 0 Å². The molecule has 10 heteroatoms. The molecule has 0 fully saturated rings. The number of carbonyl (C=O) groups excluding carboxylic acids is 1. The van der Waals surface area contributed by atoms with Gasteiger partial charge in [0.25, 0.3) is 5.91 Å². The van der Waals surface area contributed by atoms with Gasteiger partial charge >= 0.3 is 10.1 Å². The lowest BCUT2D eigenvalue weighted by atomic mass is 9.91. The topological polar surface area (TPSA) is 94.2 Å². The lowest BCUT2D eigenvalue weighted by Gasteiger charge is -2.39.